The second-order valence-corrected chi connectivity index (χ2v) is 6.21. The van der Waals surface area contributed by atoms with Gasteiger partial charge in [-0.2, -0.15) is 0 Å². The zero-order valence-electron chi connectivity index (χ0n) is 13.1. The zero-order chi connectivity index (χ0) is 14.8. The number of furan rings is 1. The molecule has 1 unspecified atom stereocenters. The van der Waals surface area contributed by atoms with Gasteiger partial charge in [0.05, 0.1) is 12.8 Å². The summed E-state index contributed by atoms with van der Waals surface area (Å²) in [7, 11) is 0. The van der Waals surface area contributed by atoms with Crippen LogP contribution in [0.25, 0.3) is 0 Å². The first kappa shape index (κ1) is 14.2. The van der Waals surface area contributed by atoms with Gasteiger partial charge in [-0.1, -0.05) is 32.0 Å². The van der Waals surface area contributed by atoms with Crippen LogP contribution in [0.5, 0.6) is 0 Å². The third-order valence-corrected chi connectivity index (χ3v) is 4.20. The van der Waals surface area contributed by atoms with Gasteiger partial charge in [-0.05, 0) is 31.0 Å². The van der Waals surface area contributed by atoms with Gasteiger partial charge in [-0.3, -0.25) is 0 Å². The molecule has 0 saturated heterocycles. The average Bonchev–Trinajstić information content (AvgIpc) is 3.02. The lowest BCUT2D eigenvalue weighted by Crippen LogP contribution is -2.29. The van der Waals surface area contributed by atoms with Crippen molar-refractivity contribution in [3.8, 4) is 0 Å². The molecule has 0 fully saturated rings. The Hall–Kier alpha value is -1.74. The first-order valence-corrected chi connectivity index (χ1v) is 7.78. The summed E-state index contributed by atoms with van der Waals surface area (Å²) in [6.07, 6.45) is 2.93. The molecule has 3 rings (SSSR count). The van der Waals surface area contributed by atoms with Gasteiger partial charge in [0.15, 0.2) is 0 Å². The predicted molar refractivity (Wildman–Crippen MR) is 86.5 cm³/mol. The van der Waals surface area contributed by atoms with Gasteiger partial charge >= 0.3 is 0 Å². The van der Waals surface area contributed by atoms with E-state index in [1.807, 2.05) is 0 Å². The average molecular weight is 284 g/mol. The van der Waals surface area contributed by atoms with Crippen LogP contribution in [0, 0.1) is 0 Å². The Morgan fingerprint density at radius 2 is 2.10 bits per heavy atom. The largest absolute Gasteiger partial charge is 0.467 e. The summed E-state index contributed by atoms with van der Waals surface area (Å²) in [4.78, 5) is 2.45. The third-order valence-electron chi connectivity index (χ3n) is 4.20. The molecule has 0 amide bonds. The molecule has 1 aliphatic rings. The lowest BCUT2D eigenvalue weighted by atomic mass is 10.1. The van der Waals surface area contributed by atoms with Crippen LogP contribution < -0.4 is 10.2 Å². The second kappa shape index (κ2) is 5.94. The zero-order valence-corrected chi connectivity index (χ0v) is 13.1. The molecule has 0 bridgehead atoms. The molecule has 21 heavy (non-hydrogen) atoms. The normalized spacial score (nSPS) is 17.5. The van der Waals surface area contributed by atoms with Crippen molar-refractivity contribution in [1.29, 1.82) is 0 Å². The fourth-order valence-corrected chi connectivity index (χ4v) is 3.00. The summed E-state index contributed by atoms with van der Waals surface area (Å²) in [5.74, 6) is 1.08. The summed E-state index contributed by atoms with van der Waals surface area (Å²) >= 11 is 0. The molecular weight excluding hydrogens is 260 g/mol. The molecule has 2 aromatic rings. The minimum Gasteiger partial charge on any atom is -0.467 e. The number of rotatable bonds is 5. The first-order valence-electron chi connectivity index (χ1n) is 7.78. The van der Waals surface area contributed by atoms with Gasteiger partial charge in [-0.25, -0.2) is 0 Å². The Kier molecular flexibility index (Phi) is 4.02. The molecule has 3 nitrogen and oxygen atoms in total. The molecule has 0 aliphatic carbocycles. The highest BCUT2D eigenvalue weighted by Crippen LogP contribution is 2.33. The molecule has 112 valence electrons. The SMILES string of the molecule is CC(C)NCc1ccoc1CN1c2ccccc2CC1C. The molecule has 1 aliphatic heterocycles. The summed E-state index contributed by atoms with van der Waals surface area (Å²) in [5.41, 5.74) is 4.06. The number of para-hydroxylation sites is 1. The highest BCUT2D eigenvalue weighted by Gasteiger charge is 2.26. The van der Waals surface area contributed by atoms with Crippen molar-refractivity contribution in [3.05, 3.63) is 53.5 Å². The Labute approximate surface area is 127 Å². The summed E-state index contributed by atoms with van der Waals surface area (Å²) in [5, 5.41) is 3.47. The lowest BCUT2D eigenvalue weighted by Gasteiger charge is -2.24. The van der Waals surface area contributed by atoms with Crippen molar-refractivity contribution < 1.29 is 4.42 Å². The number of hydrogen-bond donors (Lipinski definition) is 1. The fourth-order valence-electron chi connectivity index (χ4n) is 3.00. The highest BCUT2D eigenvalue weighted by molar-refractivity contribution is 5.59. The standard InChI is InChI=1S/C18H24N2O/c1-13(2)19-11-16-8-9-21-18(16)12-20-14(3)10-15-6-4-5-7-17(15)20/h4-9,13-14,19H,10-12H2,1-3H3. The maximum absolute atomic E-state index is 5.74. The summed E-state index contributed by atoms with van der Waals surface area (Å²) < 4.78 is 5.74. The van der Waals surface area contributed by atoms with E-state index in [0.29, 0.717) is 12.1 Å². The Bertz CT molecular complexity index is 603. The van der Waals surface area contributed by atoms with Crippen LogP contribution >= 0.6 is 0 Å². The van der Waals surface area contributed by atoms with E-state index in [1.54, 1.807) is 6.26 Å². The number of anilines is 1. The van der Waals surface area contributed by atoms with Crippen LogP contribution in [-0.4, -0.2) is 12.1 Å². The number of nitrogens with one attached hydrogen (secondary N) is 1. The minimum absolute atomic E-state index is 0.485. The smallest absolute Gasteiger partial charge is 0.127 e. The van der Waals surface area contributed by atoms with E-state index in [2.05, 4.69) is 61.3 Å². The number of benzene rings is 1. The number of fused-ring (bicyclic) bond motifs is 1. The summed E-state index contributed by atoms with van der Waals surface area (Å²) in [6, 6.07) is 11.8. The van der Waals surface area contributed by atoms with E-state index in [1.165, 1.54) is 16.8 Å². The minimum atomic E-state index is 0.485. The monoisotopic (exact) mass is 284 g/mol. The molecule has 1 aromatic carbocycles. The van der Waals surface area contributed by atoms with Crippen LogP contribution in [0.1, 0.15) is 37.7 Å². The van der Waals surface area contributed by atoms with Gasteiger partial charge in [-0.15, -0.1) is 0 Å². The maximum Gasteiger partial charge on any atom is 0.127 e. The van der Waals surface area contributed by atoms with E-state index in [-0.39, 0.29) is 0 Å². The van der Waals surface area contributed by atoms with Crippen molar-refractivity contribution in [2.45, 2.75) is 52.4 Å². The van der Waals surface area contributed by atoms with Gasteiger partial charge in [0, 0.05) is 29.9 Å². The van der Waals surface area contributed by atoms with E-state index >= 15 is 0 Å². The summed E-state index contributed by atoms with van der Waals surface area (Å²) in [6.45, 7) is 8.33. The van der Waals surface area contributed by atoms with Gasteiger partial charge < -0.3 is 14.6 Å². The van der Waals surface area contributed by atoms with Crippen LogP contribution in [0.15, 0.2) is 41.0 Å². The molecular formula is C18H24N2O. The van der Waals surface area contributed by atoms with Crippen LogP contribution in [-0.2, 0) is 19.5 Å². The number of nitrogens with zero attached hydrogens (tertiary/aromatic N) is 1. The third kappa shape index (κ3) is 2.98. The van der Waals surface area contributed by atoms with E-state index in [0.717, 1.165) is 25.3 Å². The van der Waals surface area contributed by atoms with E-state index in [9.17, 15) is 0 Å². The van der Waals surface area contributed by atoms with Crippen LogP contribution in [0.4, 0.5) is 5.69 Å². The fraction of sp³-hybridized carbons (Fsp3) is 0.444. The molecule has 0 radical (unpaired) electrons. The maximum atomic E-state index is 5.74. The quantitative estimate of drug-likeness (QED) is 0.907. The topological polar surface area (TPSA) is 28.4 Å². The van der Waals surface area contributed by atoms with Gasteiger partial charge in [0.1, 0.15) is 5.76 Å². The van der Waals surface area contributed by atoms with E-state index < -0.39 is 0 Å². The van der Waals surface area contributed by atoms with Gasteiger partial charge in [0.2, 0.25) is 0 Å². The Balaban J connectivity index is 1.77. The molecule has 0 spiro atoms. The number of hydrogen-bond acceptors (Lipinski definition) is 3. The van der Waals surface area contributed by atoms with Gasteiger partial charge in [0.25, 0.3) is 0 Å². The van der Waals surface area contributed by atoms with Crippen LogP contribution in [0.3, 0.4) is 0 Å². The molecule has 2 heterocycles. The predicted octanol–water partition coefficient (Wildman–Crippen LogP) is 3.73. The molecule has 0 saturated carbocycles. The van der Waals surface area contributed by atoms with E-state index in [4.69, 9.17) is 4.42 Å². The molecule has 1 aromatic heterocycles. The molecule has 3 heteroatoms. The highest BCUT2D eigenvalue weighted by atomic mass is 16.3. The lowest BCUT2D eigenvalue weighted by molar-refractivity contribution is 0.483. The Morgan fingerprint density at radius 1 is 1.29 bits per heavy atom. The van der Waals surface area contributed by atoms with Crippen molar-refractivity contribution in [3.63, 3.8) is 0 Å². The van der Waals surface area contributed by atoms with Crippen LogP contribution in [0.2, 0.25) is 0 Å². The van der Waals surface area contributed by atoms with Crippen molar-refractivity contribution in [2.24, 2.45) is 0 Å². The second-order valence-electron chi connectivity index (χ2n) is 6.21. The molecule has 1 atom stereocenters. The van der Waals surface area contributed by atoms with Crippen molar-refractivity contribution in [2.75, 3.05) is 4.90 Å². The van der Waals surface area contributed by atoms with Crippen molar-refractivity contribution in [1.82, 2.24) is 5.32 Å². The Morgan fingerprint density at radius 3 is 2.90 bits per heavy atom. The molecule has 1 N–H and O–H groups in total. The van der Waals surface area contributed by atoms with Crippen molar-refractivity contribution >= 4 is 5.69 Å². The first-order chi connectivity index (χ1) is 10.1.